The maximum atomic E-state index is 12.2. The van der Waals surface area contributed by atoms with E-state index in [0.29, 0.717) is 24.0 Å². The third-order valence-electron chi connectivity index (χ3n) is 4.95. The predicted octanol–water partition coefficient (Wildman–Crippen LogP) is 3.46. The van der Waals surface area contributed by atoms with Crippen LogP contribution in [-0.2, 0) is 11.2 Å². The van der Waals surface area contributed by atoms with E-state index in [1.807, 2.05) is 6.07 Å². The molecule has 1 aliphatic rings. The molecule has 3 amide bonds. The second-order valence-electron chi connectivity index (χ2n) is 6.83. The molecule has 1 aliphatic heterocycles. The van der Waals surface area contributed by atoms with Crippen molar-refractivity contribution in [3.63, 3.8) is 0 Å². The normalized spacial score (nSPS) is 15.0. The smallest absolute Gasteiger partial charge is 0.413 e. The third kappa shape index (κ3) is 4.36. The zero-order chi connectivity index (χ0) is 20.1. The van der Waals surface area contributed by atoms with Crippen LogP contribution in [0.1, 0.15) is 12.5 Å². The van der Waals surface area contributed by atoms with Crippen LogP contribution in [0.15, 0.2) is 48.5 Å². The van der Waals surface area contributed by atoms with Gasteiger partial charge in [-0.15, -0.1) is 0 Å². The Balaban J connectivity index is 1.48. The van der Waals surface area contributed by atoms with Crippen LogP contribution in [0.4, 0.5) is 26.7 Å². The summed E-state index contributed by atoms with van der Waals surface area (Å²) >= 11 is 0. The molecule has 7 heteroatoms. The number of rotatable bonds is 5. The van der Waals surface area contributed by atoms with E-state index in [-0.39, 0.29) is 6.03 Å². The summed E-state index contributed by atoms with van der Waals surface area (Å²) in [4.78, 5) is 27.4. The SMILES string of the molecule is COC(=O)N(C)c1ccc(NC(=O)NCCN2c3ccccc3CC2C)cc1. The summed E-state index contributed by atoms with van der Waals surface area (Å²) in [6.45, 7) is 3.51. The number of amides is 3. The van der Waals surface area contributed by atoms with Crippen molar-refractivity contribution in [3.8, 4) is 0 Å². The second-order valence-corrected chi connectivity index (χ2v) is 6.83. The molecule has 0 saturated heterocycles. The zero-order valence-electron chi connectivity index (χ0n) is 16.4. The van der Waals surface area contributed by atoms with E-state index in [2.05, 4.69) is 45.4 Å². The van der Waals surface area contributed by atoms with Crippen molar-refractivity contribution in [2.45, 2.75) is 19.4 Å². The highest BCUT2D eigenvalue weighted by Crippen LogP contribution is 2.31. The average molecular weight is 382 g/mol. The van der Waals surface area contributed by atoms with E-state index in [0.717, 1.165) is 13.0 Å². The summed E-state index contributed by atoms with van der Waals surface area (Å²) in [6, 6.07) is 15.6. The predicted molar refractivity (Wildman–Crippen MR) is 111 cm³/mol. The highest BCUT2D eigenvalue weighted by atomic mass is 16.5. The molecule has 3 rings (SSSR count). The Morgan fingerprint density at radius 1 is 1.18 bits per heavy atom. The Hall–Kier alpha value is -3.22. The van der Waals surface area contributed by atoms with Crippen molar-refractivity contribution >= 4 is 29.2 Å². The first kappa shape index (κ1) is 19.5. The Bertz CT molecular complexity index is 838. The van der Waals surface area contributed by atoms with Gasteiger partial charge >= 0.3 is 12.1 Å². The number of para-hydroxylation sites is 1. The molecule has 1 heterocycles. The number of carbonyl (C=O) groups is 2. The number of anilines is 3. The van der Waals surface area contributed by atoms with Crippen LogP contribution in [0.3, 0.4) is 0 Å². The molecule has 0 saturated carbocycles. The topological polar surface area (TPSA) is 73.9 Å². The molecule has 0 bridgehead atoms. The van der Waals surface area contributed by atoms with Gasteiger partial charge in [-0.1, -0.05) is 18.2 Å². The molecule has 2 N–H and O–H groups in total. The van der Waals surface area contributed by atoms with Crippen LogP contribution in [0, 0.1) is 0 Å². The van der Waals surface area contributed by atoms with Gasteiger partial charge in [0.1, 0.15) is 0 Å². The van der Waals surface area contributed by atoms with Gasteiger partial charge in [-0.05, 0) is 49.2 Å². The van der Waals surface area contributed by atoms with E-state index >= 15 is 0 Å². The van der Waals surface area contributed by atoms with Gasteiger partial charge in [0.2, 0.25) is 0 Å². The molecule has 2 aromatic carbocycles. The minimum Gasteiger partial charge on any atom is -0.452 e. The van der Waals surface area contributed by atoms with Gasteiger partial charge in [-0.2, -0.15) is 0 Å². The first-order valence-electron chi connectivity index (χ1n) is 9.30. The molecule has 148 valence electrons. The molecule has 2 aromatic rings. The summed E-state index contributed by atoms with van der Waals surface area (Å²) in [6.07, 6.45) is 0.588. The number of carbonyl (C=O) groups excluding carboxylic acids is 2. The fourth-order valence-electron chi connectivity index (χ4n) is 3.45. The lowest BCUT2D eigenvalue weighted by Gasteiger charge is -2.25. The molecule has 1 unspecified atom stereocenters. The van der Waals surface area contributed by atoms with Crippen molar-refractivity contribution in [1.29, 1.82) is 0 Å². The number of methoxy groups -OCH3 is 1. The van der Waals surface area contributed by atoms with Crippen LogP contribution >= 0.6 is 0 Å². The van der Waals surface area contributed by atoms with Crippen LogP contribution in [-0.4, -0.2) is 45.4 Å². The van der Waals surface area contributed by atoms with Crippen molar-refractivity contribution < 1.29 is 14.3 Å². The number of hydrogen-bond donors (Lipinski definition) is 2. The lowest BCUT2D eigenvalue weighted by Crippen LogP contribution is -2.39. The molecule has 7 nitrogen and oxygen atoms in total. The van der Waals surface area contributed by atoms with Gasteiger partial charge in [-0.25, -0.2) is 9.59 Å². The Morgan fingerprint density at radius 2 is 1.89 bits per heavy atom. The summed E-state index contributed by atoms with van der Waals surface area (Å²) in [5, 5.41) is 5.70. The largest absolute Gasteiger partial charge is 0.452 e. The van der Waals surface area contributed by atoms with Crippen molar-refractivity contribution in [2.75, 3.05) is 42.4 Å². The summed E-state index contributed by atoms with van der Waals surface area (Å²) in [7, 11) is 2.96. The number of fused-ring (bicyclic) bond motifs is 1. The van der Waals surface area contributed by atoms with Gasteiger partial charge in [-0.3, -0.25) is 4.90 Å². The standard InChI is InChI=1S/C21H26N4O3/c1-15-14-16-6-4-5-7-19(16)25(15)13-12-22-20(26)23-17-8-10-18(11-9-17)24(2)21(27)28-3/h4-11,15H,12-14H2,1-3H3,(H2,22,23,26). The van der Waals surface area contributed by atoms with E-state index in [1.165, 1.54) is 23.3 Å². The fourth-order valence-corrected chi connectivity index (χ4v) is 3.45. The van der Waals surface area contributed by atoms with Crippen molar-refractivity contribution in [2.24, 2.45) is 0 Å². The first-order valence-corrected chi connectivity index (χ1v) is 9.30. The molecule has 0 aromatic heterocycles. The molecule has 1 atom stereocenters. The lowest BCUT2D eigenvalue weighted by molar-refractivity contribution is 0.180. The first-order chi connectivity index (χ1) is 13.5. The van der Waals surface area contributed by atoms with Crippen molar-refractivity contribution in [3.05, 3.63) is 54.1 Å². The minimum atomic E-state index is -0.448. The van der Waals surface area contributed by atoms with Gasteiger partial charge < -0.3 is 20.3 Å². The third-order valence-corrected chi connectivity index (χ3v) is 4.95. The zero-order valence-corrected chi connectivity index (χ0v) is 16.4. The monoisotopic (exact) mass is 382 g/mol. The highest BCUT2D eigenvalue weighted by Gasteiger charge is 2.24. The van der Waals surface area contributed by atoms with Gasteiger partial charge in [0.05, 0.1) is 7.11 Å². The number of nitrogens with zero attached hydrogens (tertiary/aromatic N) is 2. The molecule has 0 radical (unpaired) electrons. The summed E-state index contributed by atoms with van der Waals surface area (Å²) < 4.78 is 4.68. The Labute approximate surface area is 165 Å². The second kappa shape index (κ2) is 8.65. The minimum absolute atomic E-state index is 0.255. The quantitative estimate of drug-likeness (QED) is 0.831. The molecule has 0 aliphatic carbocycles. The summed E-state index contributed by atoms with van der Waals surface area (Å²) in [5.74, 6) is 0. The molecule has 0 fully saturated rings. The number of urea groups is 1. The number of benzene rings is 2. The van der Waals surface area contributed by atoms with Gasteiger partial charge in [0.25, 0.3) is 0 Å². The molecular weight excluding hydrogens is 356 g/mol. The number of ether oxygens (including phenoxy) is 1. The molecular formula is C21H26N4O3. The highest BCUT2D eigenvalue weighted by molar-refractivity contribution is 5.90. The van der Waals surface area contributed by atoms with Crippen molar-refractivity contribution in [1.82, 2.24) is 5.32 Å². The maximum absolute atomic E-state index is 12.2. The van der Waals surface area contributed by atoms with Gasteiger partial charge in [0.15, 0.2) is 0 Å². The van der Waals surface area contributed by atoms with Crippen LogP contribution in [0.2, 0.25) is 0 Å². The maximum Gasteiger partial charge on any atom is 0.413 e. The van der Waals surface area contributed by atoms with Crippen LogP contribution in [0.25, 0.3) is 0 Å². The fraction of sp³-hybridized carbons (Fsp3) is 0.333. The number of nitrogens with one attached hydrogen (secondary N) is 2. The molecule has 0 spiro atoms. The van der Waals surface area contributed by atoms with E-state index in [1.54, 1.807) is 31.3 Å². The van der Waals surface area contributed by atoms with Gasteiger partial charge in [0, 0.05) is 43.2 Å². The van der Waals surface area contributed by atoms with Crippen LogP contribution in [0.5, 0.6) is 0 Å². The Morgan fingerprint density at radius 3 is 2.61 bits per heavy atom. The van der Waals surface area contributed by atoms with E-state index in [9.17, 15) is 9.59 Å². The number of hydrogen-bond acceptors (Lipinski definition) is 4. The van der Waals surface area contributed by atoms with E-state index in [4.69, 9.17) is 0 Å². The Kier molecular flexibility index (Phi) is 6.03. The molecule has 28 heavy (non-hydrogen) atoms. The summed E-state index contributed by atoms with van der Waals surface area (Å²) in [5.41, 5.74) is 3.94. The lowest BCUT2D eigenvalue weighted by atomic mass is 10.1. The van der Waals surface area contributed by atoms with Crippen LogP contribution < -0.4 is 20.4 Å². The average Bonchev–Trinajstić information content (AvgIpc) is 3.02. The van der Waals surface area contributed by atoms with E-state index < -0.39 is 6.09 Å².